The molecule has 30 heavy (non-hydrogen) atoms. The first-order valence-electron chi connectivity index (χ1n) is 10.3. The van der Waals surface area contributed by atoms with Crippen molar-refractivity contribution in [3.63, 3.8) is 0 Å². The number of hydrogen-bond donors (Lipinski definition) is 3. The molecule has 0 spiro atoms. The summed E-state index contributed by atoms with van der Waals surface area (Å²) in [4.78, 5) is 58.6. The zero-order valence-electron chi connectivity index (χ0n) is 16.8. The van der Waals surface area contributed by atoms with Crippen LogP contribution in [0.15, 0.2) is 41.7 Å². The summed E-state index contributed by atoms with van der Waals surface area (Å²) in [5, 5.41) is 11.3. The van der Waals surface area contributed by atoms with Crippen LogP contribution in [-0.2, 0) is 20.8 Å². The summed E-state index contributed by atoms with van der Waals surface area (Å²) in [6.07, 6.45) is 4.93. The first-order valence-corrected chi connectivity index (χ1v) is 12.1. The number of unbranched alkanes of at least 4 members (excludes halogenated alkanes) is 2. The number of aliphatic carboxylic acids is 1. The van der Waals surface area contributed by atoms with Crippen molar-refractivity contribution in [1.82, 2.24) is 10.0 Å². The minimum Gasteiger partial charge on any atom is -0.480 e. The zero-order valence-corrected chi connectivity index (χ0v) is 17.7. The molecule has 2 aliphatic heterocycles. The molecule has 1 aromatic rings. The van der Waals surface area contributed by atoms with Crippen LogP contribution >= 0.6 is 7.72 Å². The normalized spacial score (nSPS) is 19.9. The third kappa shape index (κ3) is 5.06. The Kier molecular flexibility index (Phi) is 7.23. The van der Waals surface area contributed by atoms with Gasteiger partial charge in [-0.05, 0) is 50.2 Å². The standard InChI is InChI=1S/C21H27N2O6P/c24-19-13-12-18(20(25)23-17(21(26)27)11-7-14-22(19)23)30(28,29)15-6-2-5-10-16-8-3-1-4-9-16/h1,3-4,8-9,12,17,28-29H,2,5-7,10-11,13-15H2/p+1/t17-/m0/s1. The Labute approximate surface area is 176 Å². The smallest absolute Gasteiger partial charge is 0.328 e. The number of carboxylic acids is 1. The average Bonchev–Trinajstić information content (AvgIpc) is 2.85. The van der Waals surface area contributed by atoms with Gasteiger partial charge in [-0.3, -0.25) is 14.6 Å². The van der Waals surface area contributed by atoms with Crippen LogP contribution in [0.3, 0.4) is 0 Å². The molecule has 0 aromatic heterocycles. The number of hydrogen-bond acceptors (Lipinski definition) is 5. The SMILES string of the molecule is O=C(O)[C@@H]1CCCN2C(=O)CC=C([P+](O)(O)CCCCCc3ccccc3)C(=O)N12. The Balaban J connectivity index is 1.64. The van der Waals surface area contributed by atoms with Crippen molar-refractivity contribution in [1.29, 1.82) is 0 Å². The molecule has 0 unspecified atom stereocenters. The van der Waals surface area contributed by atoms with Gasteiger partial charge in [0.1, 0.15) is 6.16 Å². The summed E-state index contributed by atoms with van der Waals surface area (Å²) in [6, 6.07) is 8.83. The third-order valence-corrected chi connectivity index (χ3v) is 7.62. The zero-order chi connectivity index (χ0) is 21.7. The van der Waals surface area contributed by atoms with Crippen molar-refractivity contribution >= 4 is 25.5 Å². The van der Waals surface area contributed by atoms with E-state index in [1.54, 1.807) is 0 Å². The van der Waals surface area contributed by atoms with Gasteiger partial charge in [-0.2, -0.15) is 0 Å². The molecule has 1 aromatic carbocycles. The topological polar surface area (TPSA) is 118 Å². The molecule has 0 aliphatic carbocycles. The van der Waals surface area contributed by atoms with Crippen molar-refractivity contribution in [2.45, 2.75) is 51.0 Å². The molecule has 9 heteroatoms. The molecule has 1 saturated heterocycles. The summed E-state index contributed by atoms with van der Waals surface area (Å²) in [7, 11) is -3.76. The molecule has 3 N–H and O–H groups in total. The van der Waals surface area contributed by atoms with E-state index in [-0.39, 0.29) is 30.9 Å². The Morgan fingerprint density at radius 1 is 1.10 bits per heavy atom. The van der Waals surface area contributed by atoms with Gasteiger partial charge in [0.15, 0.2) is 6.04 Å². The van der Waals surface area contributed by atoms with Gasteiger partial charge in [0, 0.05) is 6.54 Å². The van der Waals surface area contributed by atoms with Crippen LogP contribution in [-0.4, -0.2) is 61.4 Å². The number of rotatable bonds is 8. The molecule has 0 radical (unpaired) electrons. The van der Waals surface area contributed by atoms with E-state index in [1.165, 1.54) is 11.6 Å². The van der Waals surface area contributed by atoms with Gasteiger partial charge >= 0.3 is 19.6 Å². The third-order valence-electron chi connectivity index (χ3n) is 5.54. The van der Waals surface area contributed by atoms with Gasteiger partial charge < -0.3 is 5.11 Å². The van der Waals surface area contributed by atoms with Gasteiger partial charge in [-0.25, -0.2) is 19.6 Å². The highest BCUT2D eigenvalue weighted by atomic mass is 31.2. The number of carboxylic acid groups (broad SMARTS) is 1. The highest BCUT2D eigenvalue weighted by Gasteiger charge is 2.51. The van der Waals surface area contributed by atoms with Crippen molar-refractivity contribution in [3.8, 4) is 0 Å². The summed E-state index contributed by atoms with van der Waals surface area (Å²) < 4.78 is 0. The molecule has 8 nitrogen and oxygen atoms in total. The van der Waals surface area contributed by atoms with Crippen molar-refractivity contribution < 1.29 is 29.3 Å². The second-order valence-corrected chi connectivity index (χ2v) is 10.1. The maximum absolute atomic E-state index is 13.1. The van der Waals surface area contributed by atoms with Crippen LogP contribution in [0.5, 0.6) is 0 Å². The predicted molar refractivity (Wildman–Crippen MR) is 112 cm³/mol. The van der Waals surface area contributed by atoms with Crippen LogP contribution in [0, 0.1) is 0 Å². The molecular weight excluding hydrogens is 407 g/mol. The van der Waals surface area contributed by atoms with Crippen LogP contribution < -0.4 is 0 Å². The molecular formula is C21H28N2O6P+. The fraction of sp³-hybridized carbons (Fsp3) is 0.476. The Bertz CT molecular complexity index is 826. The van der Waals surface area contributed by atoms with E-state index < -0.39 is 31.5 Å². The van der Waals surface area contributed by atoms with Gasteiger partial charge in [0.05, 0.1) is 6.42 Å². The Hall–Kier alpha value is -2.28. The molecule has 0 saturated carbocycles. The maximum Gasteiger partial charge on any atom is 0.328 e. The minimum absolute atomic E-state index is 0.0408. The lowest BCUT2D eigenvalue weighted by atomic mass is 10.1. The second kappa shape index (κ2) is 9.69. The molecule has 162 valence electrons. The summed E-state index contributed by atoms with van der Waals surface area (Å²) >= 11 is 0. The fourth-order valence-corrected chi connectivity index (χ4v) is 5.65. The average molecular weight is 435 g/mol. The molecule has 1 fully saturated rings. The van der Waals surface area contributed by atoms with Crippen LogP contribution in [0.1, 0.15) is 44.1 Å². The molecule has 2 heterocycles. The summed E-state index contributed by atoms with van der Waals surface area (Å²) in [5.74, 6) is -2.40. The van der Waals surface area contributed by atoms with Crippen molar-refractivity contribution in [3.05, 3.63) is 47.3 Å². The summed E-state index contributed by atoms with van der Waals surface area (Å²) in [6.45, 7) is 0.247. The maximum atomic E-state index is 13.1. The number of amides is 2. The number of fused-ring (bicyclic) bond motifs is 1. The first-order chi connectivity index (χ1) is 14.3. The van der Waals surface area contributed by atoms with E-state index in [2.05, 4.69) is 0 Å². The summed E-state index contributed by atoms with van der Waals surface area (Å²) in [5.41, 5.74) is 1.22. The number of aryl methyl sites for hydroxylation is 1. The highest BCUT2D eigenvalue weighted by molar-refractivity contribution is 7.70. The molecule has 2 amide bonds. The monoisotopic (exact) mass is 435 g/mol. The molecule has 1 atom stereocenters. The van der Waals surface area contributed by atoms with E-state index in [0.29, 0.717) is 12.8 Å². The lowest BCUT2D eigenvalue weighted by molar-refractivity contribution is -0.178. The van der Waals surface area contributed by atoms with Crippen LogP contribution in [0.2, 0.25) is 0 Å². The largest absolute Gasteiger partial charge is 0.480 e. The quantitative estimate of drug-likeness (QED) is 0.426. The molecule has 0 bridgehead atoms. The van der Waals surface area contributed by atoms with Crippen molar-refractivity contribution in [2.24, 2.45) is 0 Å². The minimum atomic E-state index is -3.76. The van der Waals surface area contributed by atoms with Gasteiger partial charge in [0.25, 0.3) is 0 Å². The molecule has 2 aliphatic rings. The van der Waals surface area contributed by atoms with Crippen LogP contribution in [0.25, 0.3) is 0 Å². The van der Waals surface area contributed by atoms with Gasteiger partial charge in [-0.15, -0.1) is 0 Å². The van der Waals surface area contributed by atoms with Gasteiger partial charge in [0.2, 0.25) is 11.2 Å². The van der Waals surface area contributed by atoms with E-state index in [4.69, 9.17) is 0 Å². The van der Waals surface area contributed by atoms with E-state index in [1.807, 2.05) is 30.3 Å². The second-order valence-electron chi connectivity index (χ2n) is 7.71. The van der Waals surface area contributed by atoms with Crippen molar-refractivity contribution in [2.75, 3.05) is 12.7 Å². The van der Waals surface area contributed by atoms with E-state index in [0.717, 1.165) is 29.3 Å². The Morgan fingerprint density at radius 2 is 1.83 bits per heavy atom. The number of nitrogens with zero attached hydrogens (tertiary/aromatic N) is 2. The van der Waals surface area contributed by atoms with Crippen LogP contribution in [0.4, 0.5) is 0 Å². The number of carbonyl (C=O) groups excluding carboxylic acids is 2. The lowest BCUT2D eigenvalue weighted by Gasteiger charge is -2.41. The number of hydrazine groups is 1. The van der Waals surface area contributed by atoms with E-state index >= 15 is 0 Å². The molecule has 3 rings (SSSR count). The number of carbonyl (C=O) groups is 3. The number of benzene rings is 1. The fourth-order valence-electron chi connectivity index (χ4n) is 3.95. The van der Waals surface area contributed by atoms with E-state index in [9.17, 15) is 29.3 Å². The predicted octanol–water partition coefficient (Wildman–Crippen LogP) is 2.34. The van der Waals surface area contributed by atoms with Gasteiger partial charge in [-0.1, -0.05) is 30.3 Å². The first kappa shape index (κ1) is 22.4. The highest BCUT2D eigenvalue weighted by Crippen LogP contribution is 2.60. The lowest BCUT2D eigenvalue weighted by Crippen LogP contribution is -2.59. The Morgan fingerprint density at radius 3 is 2.53 bits per heavy atom.